The molecule has 7 heteroatoms. The lowest BCUT2D eigenvalue weighted by Crippen LogP contribution is -2.22. The summed E-state index contributed by atoms with van der Waals surface area (Å²) < 4.78 is 0. The van der Waals surface area contributed by atoms with Crippen molar-refractivity contribution in [2.45, 2.75) is 18.9 Å². The monoisotopic (exact) mass is 292 g/mol. The Kier molecular flexibility index (Phi) is 6.06. The van der Waals surface area contributed by atoms with Gasteiger partial charge in [0.15, 0.2) is 0 Å². The van der Waals surface area contributed by atoms with Crippen molar-refractivity contribution < 1.29 is 24.6 Å². The van der Waals surface area contributed by atoms with Crippen LogP contribution in [0.25, 0.3) is 0 Å². The molecule has 1 aliphatic rings. The van der Waals surface area contributed by atoms with E-state index in [1.165, 1.54) is 0 Å². The molecule has 1 saturated heterocycles. The minimum Gasteiger partial charge on any atom is -0.478 e. The summed E-state index contributed by atoms with van der Waals surface area (Å²) in [5.41, 5.74) is 1.14. The number of carbonyl (C=O) groups excluding carboxylic acids is 1. The average molecular weight is 292 g/mol. The van der Waals surface area contributed by atoms with Gasteiger partial charge in [-0.15, -0.1) is 0 Å². The number of aromatic nitrogens is 1. The Morgan fingerprint density at radius 3 is 2.33 bits per heavy atom. The van der Waals surface area contributed by atoms with Gasteiger partial charge < -0.3 is 15.1 Å². The van der Waals surface area contributed by atoms with E-state index in [1.54, 1.807) is 11.1 Å². The van der Waals surface area contributed by atoms with E-state index in [0.29, 0.717) is 18.6 Å². The van der Waals surface area contributed by atoms with Crippen LogP contribution in [0.15, 0.2) is 36.7 Å². The number of aliphatic carboxylic acids is 2. The van der Waals surface area contributed by atoms with E-state index in [0.717, 1.165) is 12.0 Å². The zero-order chi connectivity index (χ0) is 15.8. The molecule has 0 bridgehead atoms. The molecule has 7 nitrogen and oxygen atoms in total. The summed E-state index contributed by atoms with van der Waals surface area (Å²) in [6, 6.07) is 4.17. The number of nitrogens with zero attached hydrogens (tertiary/aromatic N) is 2. The van der Waals surface area contributed by atoms with Gasteiger partial charge in [0.05, 0.1) is 6.04 Å². The average Bonchev–Trinajstić information content (AvgIpc) is 2.78. The molecule has 0 spiro atoms. The Labute approximate surface area is 121 Å². The van der Waals surface area contributed by atoms with Gasteiger partial charge in [-0.05, 0) is 18.1 Å². The third-order valence-electron chi connectivity index (χ3n) is 2.93. The molecule has 21 heavy (non-hydrogen) atoms. The van der Waals surface area contributed by atoms with E-state index in [4.69, 9.17) is 10.2 Å². The maximum atomic E-state index is 11.3. The molecular formula is C14H16N2O5. The molecule has 2 rings (SSSR count). The number of amides is 1. The highest BCUT2D eigenvalue weighted by Crippen LogP contribution is 2.30. The third-order valence-corrected chi connectivity index (χ3v) is 2.93. The SMILES string of the molecule is CN1C(=O)CCC1c1cccnc1.O=C(O)C=CC(=O)O. The highest BCUT2D eigenvalue weighted by atomic mass is 16.4. The van der Waals surface area contributed by atoms with E-state index in [2.05, 4.69) is 4.98 Å². The molecular weight excluding hydrogens is 276 g/mol. The maximum Gasteiger partial charge on any atom is 0.328 e. The molecule has 1 atom stereocenters. The van der Waals surface area contributed by atoms with Crippen LogP contribution in [0, 0.1) is 0 Å². The van der Waals surface area contributed by atoms with Gasteiger partial charge in [0.25, 0.3) is 0 Å². The van der Waals surface area contributed by atoms with Gasteiger partial charge in [-0.25, -0.2) is 9.59 Å². The Hall–Kier alpha value is -2.70. The molecule has 2 N–H and O–H groups in total. The predicted molar refractivity (Wildman–Crippen MR) is 73.4 cm³/mol. The summed E-state index contributed by atoms with van der Waals surface area (Å²) in [5.74, 6) is -2.28. The first-order chi connectivity index (χ1) is 9.91. The summed E-state index contributed by atoms with van der Waals surface area (Å²) in [4.78, 5) is 36.2. The fourth-order valence-corrected chi connectivity index (χ4v) is 1.91. The molecule has 1 aliphatic heterocycles. The number of carbonyl (C=O) groups is 3. The Bertz CT molecular complexity index is 526. The van der Waals surface area contributed by atoms with Crippen molar-refractivity contribution in [1.82, 2.24) is 9.88 Å². The highest BCUT2D eigenvalue weighted by molar-refractivity contribution is 5.89. The number of rotatable bonds is 3. The Morgan fingerprint density at radius 2 is 1.95 bits per heavy atom. The highest BCUT2D eigenvalue weighted by Gasteiger charge is 2.28. The van der Waals surface area contributed by atoms with Crippen LogP contribution in [-0.4, -0.2) is 45.0 Å². The Morgan fingerprint density at radius 1 is 1.33 bits per heavy atom. The molecule has 0 saturated carbocycles. The van der Waals surface area contributed by atoms with E-state index < -0.39 is 11.9 Å². The first-order valence-electron chi connectivity index (χ1n) is 6.21. The van der Waals surface area contributed by atoms with Crippen molar-refractivity contribution in [1.29, 1.82) is 0 Å². The molecule has 1 unspecified atom stereocenters. The summed E-state index contributed by atoms with van der Waals surface area (Å²) >= 11 is 0. The second-order valence-corrected chi connectivity index (χ2v) is 4.36. The lowest BCUT2D eigenvalue weighted by molar-refractivity contribution is -0.134. The number of pyridine rings is 1. The van der Waals surface area contributed by atoms with Crippen molar-refractivity contribution in [3.8, 4) is 0 Å². The Balaban J connectivity index is 0.000000240. The van der Waals surface area contributed by atoms with Crippen molar-refractivity contribution in [2.24, 2.45) is 0 Å². The summed E-state index contributed by atoms with van der Waals surface area (Å²) in [7, 11) is 1.85. The van der Waals surface area contributed by atoms with Crippen molar-refractivity contribution in [2.75, 3.05) is 7.05 Å². The van der Waals surface area contributed by atoms with Gasteiger partial charge in [-0.1, -0.05) is 6.07 Å². The van der Waals surface area contributed by atoms with Crippen LogP contribution in [0.4, 0.5) is 0 Å². The zero-order valence-corrected chi connectivity index (χ0v) is 11.5. The summed E-state index contributed by atoms with van der Waals surface area (Å²) in [6.07, 6.45) is 6.28. The lowest BCUT2D eigenvalue weighted by Gasteiger charge is -2.19. The van der Waals surface area contributed by atoms with Gasteiger partial charge in [-0.2, -0.15) is 0 Å². The summed E-state index contributed by atoms with van der Waals surface area (Å²) in [5, 5.41) is 15.6. The van der Waals surface area contributed by atoms with E-state index in [1.807, 2.05) is 25.4 Å². The number of carboxylic acids is 2. The molecule has 1 amide bonds. The first-order valence-corrected chi connectivity index (χ1v) is 6.21. The largest absolute Gasteiger partial charge is 0.478 e. The predicted octanol–water partition coefficient (Wildman–Crippen LogP) is 1.09. The second kappa shape index (κ2) is 7.78. The molecule has 112 valence electrons. The molecule has 1 aromatic rings. The topological polar surface area (TPSA) is 108 Å². The van der Waals surface area contributed by atoms with Gasteiger partial charge in [0.2, 0.25) is 5.91 Å². The zero-order valence-electron chi connectivity index (χ0n) is 11.5. The molecule has 0 aliphatic carbocycles. The minimum absolute atomic E-state index is 0.230. The lowest BCUT2D eigenvalue weighted by atomic mass is 10.1. The number of likely N-dealkylation sites (tertiary alicyclic amines) is 1. The van der Waals surface area contributed by atoms with Gasteiger partial charge in [0.1, 0.15) is 0 Å². The van der Waals surface area contributed by atoms with Gasteiger partial charge in [0, 0.05) is 38.0 Å². The second-order valence-electron chi connectivity index (χ2n) is 4.36. The van der Waals surface area contributed by atoms with Crippen LogP contribution >= 0.6 is 0 Å². The van der Waals surface area contributed by atoms with E-state index in [-0.39, 0.29) is 11.9 Å². The quantitative estimate of drug-likeness (QED) is 0.807. The fraction of sp³-hybridized carbons (Fsp3) is 0.286. The smallest absolute Gasteiger partial charge is 0.328 e. The molecule has 0 radical (unpaired) electrons. The standard InChI is InChI=1S/C10H12N2O.C4H4O4/c1-12-9(4-5-10(12)13)8-3-2-6-11-7-8;5-3(6)1-2-4(7)8/h2-3,6-7,9H,4-5H2,1H3;1-2H,(H,5,6)(H,7,8). The first kappa shape index (κ1) is 16.4. The number of carboxylic acid groups (broad SMARTS) is 2. The molecule has 2 heterocycles. The number of hydrogen-bond donors (Lipinski definition) is 2. The normalized spacial score (nSPS) is 17.5. The summed E-state index contributed by atoms with van der Waals surface area (Å²) in [6.45, 7) is 0. The number of hydrogen-bond acceptors (Lipinski definition) is 4. The van der Waals surface area contributed by atoms with E-state index in [9.17, 15) is 14.4 Å². The maximum absolute atomic E-state index is 11.3. The van der Waals surface area contributed by atoms with Crippen LogP contribution in [0.2, 0.25) is 0 Å². The van der Waals surface area contributed by atoms with Crippen molar-refractivity contribution >= 4 is 17.8 Å². The van der Waals surface area contributed by atoms with Gasteiger partial charge in [-0.3, -0.25) is 9.78 Å². The minimum atomic E-state index is -1.26. The van der Waals surface area contributed by atoms with Crippen LogP contribution in [0.3, 0.4) is 0 Å². The molecule has 0 aromatic carbocycles. The van der Waals surface area contributed by atoms with Crippen molar-refractivity contribution in [3.63, 3.8) is 0 Å². The van der Waals surface area contributed by atoms with Gasteiger partial charge >= 0.3 is 11.9 Å². The molecule has 1 fully saturated rings. The fourth-order valence-electron chi connectivity index (χ4n) is 1.91. The van der Waals surface area contributed by atoms with Crippen LogP contribution < -0.4 is 0 Å². The van der Waals surface area contributed by atoms with E-state index >= 15 is 0 Å². The van der Waals surface area contributed by atoms with Crippen molar-refractivity contribution in [3.05, 3.63) is 42.2 Å². The van der Waals surface area contributed by atoms with Crippen LogP contribution in [0.1, 0.15) is 24.4 Å². The third kappa shape index (κ3) is 5.43. The van der Waals surface area contributed by atoms with Crippen LogP contribution in [-0.2, 0) is 14.4 Å². The molecule has 1 aromatic heterocycles. The van der Waals surface area contributed by atoms with Crippen LogP contribution in [0.5, 0.6) is 0 Å².